The summed E-state index contributed by atoms with van der Waals surface area (Å²) in [5.74, 6) is 0.863. The molecule has 4 rings (SSSR count). The van der Waals surface area contributed by atoms with E-state index in [2.05, 4.69) is 21.6 Å². The van der Waals surface area contributed by atoms with Crippen LogP contribution < -0.4 is 0 Å². The van der Waals surface area contributed by atoms with E-state index < -0.39 is 0 Å². The second-order valence-corrected chi connectivity index (χ2v) is 7.46. The predicted molar refractivity (Wildman–Crippen MR) is 111 cm³/mol. The Kier molecular flexibility index (Phi) is 5.74. The van der Waals surface area contributed by atoms with E-state index in [1.807, 2.05) is 42.7 Å². The van der Waals surface area contributed by atoms with E-state index in [0.717, 1.165) is 55.3 Å². The summed E-state index contributed by atoms with van der Waals surface area (Å²) >= 11 is 0. The number of benzene rings is 2. The third-order valence-electron chi connectivity index (χ3n) is 5.44. The van der Waals surface area contributed by atoms with Crippen LogP contribution in [0.15, 0.2) is 60.9 Å². The molecule has 5 nitrogen and oxygen atoms in total. The molecule has 1 aliphatic rings. The van der Waals surface area contributed by atoms with Gasteiger partial charge in [0, 0.05) is 37.9 Å². The van der Waals surface area contributed by atoms with Crippen LogP contribution in [-0.4, -0.2) is 52.9 Å². The Balaban J connectivity index is 1.64. The van der Waals surface area contributed by atoms with Gasteiger partial charge in [-0.1, -0.05) is 42.5 Å². The van der Waals surface area contributed by atoms with Gasteiger partial charge in [0.25, 0.3) is 0 Å². The van der Waals surface area contributed by atoms with Crippen LogP contribution in [0.1, 0.15) is 6.42 Å². The van der Waals surface area contributed by atoms with E-state index in [-0.39, 0.29) is 5.75 Å². The molecule has 0 bridgehead atoms. The lowest BCUT2D eigenvalue weighted by Gasteiger charge is -2.17. The van der Waals surface area contributed by atoms with Crippen molar-refractivity contribution in [2.45, 2.75) is 13.0 Å². The second kappa shape index (κ2) is 8.59. The van der Waals surface area contributed by atoms with Gasteiger partial charge in [-0.15, -0.1) is 0 Å². The standard InChI is InChI=1S/C23H27N3O2/c1-28-13-12-25-11-10-18(15-25)16-26-17-24-22(19-6-3-2-4-7-19)23(26)20-8-5-9-21(27)14-20/h2-9,14,17-18,27H,10-13,15-16H2,1H3/t18-/m1/s1. The summed E-state index contributed by atoms with van der Waals surface area (Å²) in [6.07, 6.45) is 3.13. The van der Waals surface area contributed by atoms with Crippen molar-refractivity contribution in [2.24, 2.45) is 5.92 Å². The topological polar surface area (TPSA) is 50.5 Å². The van der Waals surface area contributed by atoms with Crippen molar-refractivity contribution < 1.29 is 9.84 Å². The molecule has 0 aliphatic carbocycles. The number of phenols is 1. The second-order valence-electron chi connectivity index (χ2n) is 7.46. The number of imidazole rings is 1. The van der Waals surface area contributed by atoms with Crippen LogP contribution in [0, 0.1) is 5.92 Å². The summed E-state index contributed by atoms with van der Waals surface area (Å²) in [5.41, 5.74) is 4.11. The third-order valence-corrected chi connectivity index (χ3v) is 5.44. The zero-order valence-electron chi connectivity index (χ0n) is 16.3. The Labute approximate surface area is 166 Å². The van der Waals surface area contributed by atoms with Crippen LogP contribution >= 0.6 is 0 Å². The SMILES string of the molecule is COCCN1CC[C@@H](Cn2cnc(-c3ccccc3)c2-c2cccc(O)c2)C1. The van der Waals surface area contributed by atoms with Crippen LogP contribution in [0.3, 0.4) is 0 Å². The maximum Gasteiger partial charge on any atom is 0.116 e. The number of phenolic OH excluding ortho intramolecular Hbond substituents is 1. The molecule has 2 aromatic carbocycles. The molecular weight excluding hydrogens is 350 g/mol. The number of likely N-dealkylation sites (tertiary alicyclic amines) is 1. The molecule has 1 fully saturated rings. The van der Waals surface area contributed by atoms with E-state index in [0.29, 0.717) is 5.92 Å². The minimum atomic E-state index is 0.274. The molecule has 0 saturated carbocycles. The summed E-state index contributed by atoms with van der Waals surface area (Å²) < 4.78 is 7.47. The van der Waals surface area contributed by atoms with Crippen LogP contribution in [0.4, 0.5) is 0 Å². The number of aromatic hydroxyl groups is 1. The molecule has 0 spiro atoms. The number of rotatable bonds is 7. The average Bonchev–Trinajstić information content (AvgIpc) is 3.34. The molecular formula is C23H27N3O2. The molecule has 1 saturated heterocycles. The van der Waals surface area contributed by atoms with Crippen molar-refractivity contribution in [1.29, 1.82) is 0 Å². The van der Waals surface area contributed by atoms with E-state index in [9.17, 15) is 5.11 Å². The van der Waals surface area contributed by atoms with Crippen LogP contribution in [0.2, 0.25) is 0 Å². The van der Waals surface area contributed by atoms with Gasteiger partial charge < -0.3 is 19.3 Å². The highest BCUT2D eigenvalue weighted by Gasteiger charge is 2.24. The van der Waals surface area contributed by atoms with Gasteiger partial charge >= 0.3 is 0 Å². The number of hydrogen-bond acceptors (Lipinski definition) is 4. The van der Waals surface area contributed by atoms with Crippen molar-refractivity contribution >= 4 is 0 Å². The number of nitrogens with zero attached hydrogens (tertiary/aromatic N) is 3. The molecule has 5 heteroatoms. The maximum absolute atomic E-state index is 10.0. The number of ether oxygens (including phenoxy) is 1. The van der Waals surface area contributed by atoms with Crippen molar-refractivity contribution in [1.82, 2.24) is 14.5 Å². The minimum Gasteiger partial charge on any atom is -0.508 e. The molecule has 28 heavy (non-hydrogen) atoms. The summed E-state index contributed by atoms with van der Waals surface area (Å²) in [7, 11) is 1.76. The molecule has 2 heterocycles. The Morgan fingerprint density at radius 2 is 1.93 bits per heavy atom. The molecule has 0 unspecified atom stereocenters. The Bertz CT molecular complexity index is 907. The zero-order chi connectivity index (χ0) is 19.3. The van der Waals surface area contributed by atoms with E-state index >= 15 is 0 Å². The smallest absolute Gasteiger partial charge is 0.116 e. The normalized spacial score (nSPS) is 17.2. The third kappa shape index (κ3) is 4.11. The quantitative estimate of drug-likeness (QED) is 0.679. The monoisotopic (exact) mass is 377 g/mol. The Hall–Kier alpha value is -2.63. The molecule has 0 amide bonds. The first-order valence-electron chi connectivity index (χ1n) is 9.86. The number of aromatic nitrogens is 2. The first-order valence-corrected chi connectivity index (χ1v) is 9.86. The predicted octanol–water partition coefficient (Wildman–Crippen LogP) is 3.89. The molecule has 1 aromatic heterocycles. The van der Waals surface area contributed by atoms with E-state index in [1.165, 1.54) is 6.42 Å². The lowest BCUT2D eigenvalue weighted by molar-refractivity contribution is 0.158. The fourth-order valence-corrected chi connectivity index (χ4v) is 4.05. The van der Waals surface area contributed by atoms with Crippen LogP contribution in [0.5, 0.6) is 5.75 Å². The van der Waals surface area contributed by atoms with Crippen LogP contribution in [0.25, 0.3) is 22.5 Å². The highest BCUT2D eigenvalue weighted by Crippen LogP contribution is 2.33. The first kappa shape index (κ1) is 18.7. The fourth-order valence-electron chi connectivity index (χ4n) is 4.05. The molecule has 1 aliphatic heterocycles. The maximum atomic E-state index is 10.0. The molecule has 0 radical (unpaired) electrons. The lowest BCUT2D eigenvalue weighted by Crippen LogP contribution is -2.25. The van der Waals surface area contributed by atoms with Crippen LogP contribution in [-0.2, 0) is 11.3 Å². The largest absolute Gasteiger partial charge is 0.508 e. The van der Waals surface area contributed by atoms with Crippen molar-refractivity contribution in [2.75, 3.05) is 33.4 Å². The number of methoxy groups -OCH3 is 1. The van der Waals surface area contributed by atoms with Crippen molar-refractivity contribution in [3.63, 3.8) is 0 Å². The van der Waals surface area contributed by atoms with Gasteiger partial charge in [-0.2, -0.15) is 0 Å². The van der Waals surface area contributed by atoms with Gasteiger partial charge in [0.2, 0.25) is 0 Å². The van der Waals surface area contributed by atoms with E-state index in [4.69, 9.17) is 9.72 Å². The van der Waals surface area contributed by atoms with Gasteiger partial charge in [-0.3, -0.25) is 0 Å². The number of hydrogen-bond donors (Lipinski definition) is 1. The summed E-state index contributed by atoms with van der Waals surface area (Å²) in [4.78, 5) is 7.22. The Morgan fingerprint density at radius 3 is 2.71 bits per heavy atom. The minimum absolute atomic E-state index is 0.274. The summed E-state index contributed by atoms with van der Waals surface area (Å²) in [6, 6.07) is 17.7. The molecule has 1 N–H and O–H groups in total. The molecule has 3 aromatic rings. The van der Waals surface area contributed by atoms with Gasteiger partial charge in [0.05, 0.1) is 24.3 Å². The molecule has 1 atom stereocenters. The first-order chi connectivity index (χ1) is 13.7. The van der Waals surface area contributed by atoms with Gasteiger partial charge in [0.15, 0.2) is 0 Å². The molecule has 146 valence electrons. The summed E-state index contributed by atoms with van der Waals surface area (Å²) in [5, 5.41) is 10.0. The van der Waals surface area contributed by atoms with Gasteiger partial charge in [-0.05, 0) is 31.0 Å². The highest BCUT2D eigenvalue weighted by molar-refractivity contribution is 5.79. The van der Waals surface area contributed by atoms with E-state index in [1.54, 1.807) is 13.2 Å². The van der Waals surface area contributed by atoms with Crippen molar-refractivity contribution in [3.8, 4) is 28.3 Å². The zero-order valence-corrected chi connectivity index (χ0v) is 16.3. The average molecular weight is 377 g/mol. The Morgan fingerprint density at radius 1 is 1.11 bits per heavy atom. The summed E-state index contributed by atoms with van der Waals surface area (Å²) in [6.45, 7) is 4.90. The van der Waals surface area contributed by atoms with Gasteiger partial charge in [-0.25, -0.2) is 4.98 Å². The van der Waals surface area contributed by atoms with Crippen molar-refractivity contribution in [3.05, 3.63) is 60.9 Å². The lowest BCUT2D eigenvalue weighted by atomic mass is 10.0. The van der Waals surface area contributed by atoms with Gasteiger partial charge in [0.1, 0.15) is 5.75 Å². The highest BCUT2D eigenvalue weighted by atomic mass is 16.5. The fraction of sp³-hybridized carbons (Fsp3) is 0.348.